The van der Waals surface area contributed by atoms with E-state index in [-0.39, 0.29) is 6.03 Å². The number of carbonyl (C=O) groups is 1. The van der Waals surface area contributed by atoms with Crippen LogP contribution in [0.15, 0.2) is 48.5 Å². The Labute approximate surface area is 160 Å². The second kappa shape index (κ2) is 9.06. The lowest BCUT2D eigenvalue weighted by molar-refractivity contribution is 0.211. The molecule has 1 fully saturated rings. The standard InChI is InChI=1S/C21H24N4O2/c1-27-20-9-7-19(8-10-20)23-21(26)25-12-2-11-24(13-14-25)16-18-5-3-17(15-22)4-6-18/h3-10H,2,11-14,16H2,1H3,(H,23,26). The number of hydrogen-bond acceptors (Lipinski definition) is 4. The number of urea groups is 1. The molecule has 6 nitrogen and oxygen atoms in total. The number of rotatable bonds is 4. The minimum absolute atomic E-state index is 0.0691. The van der Waals surface area contributed by atoms with Gasteiger partial charge in [0.05, 0.1) is 18.7 Å². The van der Waals surface area contributed by atoms with Crippen LogP contribution in [0.1, 0.15) is 17.5 Å². The lowest BCUT2D eigenvalue weighted by Gasteiger charge is -2.22. The van der Waals surface area contributed by atoms with Gasteiger partial charge >= 0.3 is 6.03 Å². The number of ether oxygens (including phenoxy) is 1. The smallest absolute Gasteiger partial charge is 0.321 e. The highest BCUT2D eigenvalue weighted by molar-refractivity contribution is 5.89. The van der Waals surface area contributed by atoms with Crippen molar-refractivity contribution in [1.82, 2.24) is 9.80 Å². The van der Waals surface area contributed by atoms with Crippen molar-refractivity contribution in [3.05, 3.63) is 59.7 Å². The Kier molecular flexibility index (Phi) is 6.29. The average molecular weight is 364 g/mol. The van der Waals surface area contributed by atoms with E-state index >= 15 is 0 Å². The summed E-state index contributed by atoms with van der Waals surface area (Å²) in [6.07, 6.45) is 0.937. The van der Waals surface area contributed by atoms with Gasteiger partial charge in [0.2, 0.25) is 0 Å². The third kappa shape index (κ3) is 5.22. The van der Waals surface area contributed by atoms with Crippen LogP contribution in [0.3, 0.4) is 0 Å². The van der Waals surface area contributed by atoms with Gasteiger partial charge in [0.1, 0.15) is 5.75 Å². The molecule has 1 aliphatic heterocycles. The van der Waals surface area contributed by atoms with Crippen molar-refractivity contribution in [2.45, 2.75) is 13.0 Å². The maximum absolute atomic E-state index is 12.5. The molecule has 1 aliphatic rings. The van der Waals surface area contributed by atoms with Crippen molar-refractivity contribution in [2.75, 3.05) is 38.6 Å². The van der Waals surface area contributed by atoms with Crippen LogP contribution in [-0.4, -0.2) is 49.1 Å². The molecular formula is C21H24N4O2. The summed E-state index contributed by atoms with van der Waals surface area (Å²) in [7, 11) is 1.62. The van der Waals surface area contributed by atoms with Crippen molar-refractivity contribution in [1.29, 1.82) is 5.26 Å². The molecular weight excluding hydrogens is 340 g/mol. The highest BCUT2D eigenvalue weighted by Crippen LogP contribution is 2.16. The largest absolute Gasteiger partial charge is 0.497 e. The Balaban J connectivity index is 1.52. The van der Waals surface area contributed by atoms with Crippen LogP contribution in [0.5, 0.6) is 5.75 Å². The predicted molar refractivity (Wildman–Crippen MR) is 105 cm³/mol. The molecule has 1 heterocycles. The van der Waals surface area contributed by atoms with Crippen molar-refractivity contribution >= 4 is 11.7 Å². The number of amides is 2. The van der Waals surface area contributed by atoms with Crippen LogP contribution in [0.4, 0.5) is 10.5 Å². The van der Waals surface area contributed by atoms with Crippen LogP contribution in [0.2, 0.25) is 0 Å². The van der Waals surface area contributed by atoms with Gasteiger partial charge in [-0.25, -0.2) is 4.79 Å². The number of anilines is 1. The normalized spacial score (nSPS) is 14.9. The van der Waals surface area contributed by atoms with E-state index in [1.54, 1.807) is 7.11 Å². The summed E-state index contributed by atoms with van der Waals surface area (Å²) in [5.74, 6) is 0.765. The van der Waals surface area contributed by atoms with Gasteiger partial charge < -0.3 is 15.0 Å². The Bertz CT molecular complexity index is 796. The number of nitriles is 1. The van der Waals surface area contributed by atoms with Crippen LogP contribution in [0, 0.1) is 11.3 Å². The first-order valence-corrected chi connectivity index (χ1v) is 9.09. The number of hydrogen-bond donors (Lipinski definition) is 1. The summed E-state index contributed by atoms with van der Waals surface area (Å²) in [5.41, 5.74) is 2.63. The molecule has 2 amide bonds. The van der Waals surface area contributed by atoms with Gasteiger partial charge in [-0.1, -0.05) is 12.1 Å². The minimum atomic E-state index is -0.0691. The zero-order valence-corrected chi connectivity index (χ0v) is 15.5. The predicted octanol–water partition coefficient (Wildman–Crippen LogP) is 3.31. The molecule has 0 saturated carbocycles. The first-order valence-electron chi connectivity index (χ1n) is 9.09. The van der Waals surface area contributed by atoms with Crippen molar-refractivity contribution in [3.8, 4) is 11.8 Å². The summed E-state index contributed by atoms with van der Waals surface area (Å²) < 4.78 is 5.14. The van der Waals surface area contributed by atoms with E-state index in [0.29, 0.717) is 12.1 Å². The second-order valence-corrected chi connectivity index (χ2v) is 6.58. The van der Waals surface area contributed by atoms with E-state index in [9.17, 15) is 4.79 Å². The Morgan fingerprint density at radius 3 is 2.48 bits per heavy atom. The molecule has 2 aromatic carbocycles. The lowest BCUT2D eigenvalue weighted by Crippen LogP contribution is -2.38. The third-order valence-corrected chi connectivity index (χ3v) is 4.71. The molecule has 2 aromatic rings. The molecule has 1 saturated heterocycles. The van der Waals surface area contributed by atoms with Crippen LogP contribution in [0.25, 0.3) is 0 Å². The fourth-order valence-corrected chi connectivity index (χ4v) is 3.15. The lowest BCUT2D eigenvalue weighted by atomic mass is 10.1. The van der Waals surface area contributed by atoms with E-state index in [1.807, 2.05) is 53.4 Å². The fourth-order valence-electron chi connectivity index (χ4n) is 3.15. The second-order valence-electron chi connectivity index (χ2n) is 6.58. The van der Waals surface area contributed by atoms with Crippen LogP contribution in [-0.2, 0) is 6.54 Å². The zero-order valence-electron chi connectivity index (χ0n) is 15.5. The summed E-state index contributed by atoms with van der Waals surface area (Å²) >= 11 is 0. The summed E-state index contributed by atoms with van der Waals surface area (Å²) in [6, 6.07) is 17.1. The molecule has 0 spiro atoms. The molecule has 0 bridgehead atoms. The summed E-state index contributed by atoms with van der Waals surface area (Å²) in [4.78, 5) is 16.8. The molecule has 6 heteroatoms. The van der Waals surface area contributed by atoms with E-state index in [1.165, 1.54) is 5.56 Å². The van der Waals surface area contributed by atoms with Crippen molar-refractivity contribution < 1.29 is 9.53 Å². The van der Waals surface area contributed by atoms with Gasteiger partial charge in [0, 0.05) is 38.4 Å². The molecule has 0 aliphatic carbocycles. The number of methoxy groups -OCH3 is 1. The van der Waals surface area contributed by atoms with E-state index in [4.69, 9.17) is 10.00 Å². The molecule has 140 valence electrons. The number of benzene rings is 2. The molecule has 0 aromatic heterocycles. The van der Waals surface area contributed by atoms with Gasteiger partial charge in [0.15, 0.2) is 0 Å². The van der Waals surface area contributed by atoms with Crippen LogP contribution < -0.4 is 10.1 Å². The third-order valence-electron chi connectivity index (χ3n) is 4.71. The molecule has 27 heavy (non-hydrogen) atoms. The van der Waals surface area contributed by atoms with Crippen LogP contribution >= 0.6 is 0 Å². The molecule has 0 radical (unpaired) electrons. The average Bonchev–Trinajstić information content (AvgIpc) is 2.95. The van der Waals surface area contributed by atoms with Gasteiger partial charge in [0.25, 0.3) is 0 Å². The molecule has 1 N–H and O–H groups in total. The quantitative estimate of drug-likeness (QED) is 0.904. The van der Waals surface area contributed by atoms with Gasteiger partial charge in [-0.3, -0.25) is 4.90 Å². The van der Waals surface area contributed by atoms with Gasteiger partial charge in [-0.2, -0.15) is 5.26 Å². The van der Waals surface area contributed by atoms with E-state index < -0.39 is 0 Å². The summed E-state index contributed by atoms with van der Waals surface area (Å²) in [6.45, 7) is 4.05. The fraction of sp³-hybridized carbons (Fsp3) is 0.333. The monoisotopic (exact) mass is 364 g/mol. The first-order chi connectivity index (χ1) is 13.2. The maximum Gasteiger partial charge on any atom is 0.321 e. The Morgan fingerprint density at radius 1 is 1.07 bits per heavy atom. The zero-order chi connectivity index (χ0) is 19.1. The minimum Gasteiger partial charge on any atom is -0.497 e. The number of nitrogens with one attached hydrogen (secondary N) is 1. The van der Waals surface area contributed by atoms with E-state index in [0.717, 1.165) is 44.0 Å². The molecule has 0 atom stereocenters. The van der Waals surface area contributed by atoms with Crippen molar-refractivity contribution in [2.24, 2.45) is 0 Å². The first kappa shape index (κ1) is 18.7. The number of nitrogens with zero attached hydrogens (tertiary/aromatic N) is 3. The Morgan fingerprint density at radius 2 is 1.81 bits per heavy atom. The highest BCUT2D eigenvalue weighted by Gasteiger charge is 2.19. The highest BCUT2D eigenvalue weighted by atomic mass is 16.5. The molecule has 3 rings (SSSR count). The Hall–Kier alpha value is -3.04. The SMILES string of the molecule is COc1ccc(NC(=O)N2CCCN(Cc3ccc(C#N)cc3)CC2)cc1. The topological polar surface area (TPSA) is 68.6 Å². The maximum atomic E-state index is 12.5. The van der Waals surface area contributed by atoms with Crippen molar-refractivity contribution in [3.63, 3.8) is 0 Å². The number of carbonyl (C=O) groups excluding carboxylic acids is 1. The van der Waals surface area contributed by atoms with Gasteiger partial charge in [-0.15, -0.1) is 0 Å². The molecule has 0 unspecified atom stereocenters. The van der Waals surface area contributed by atoms with Gasteiger partial charge in [-0.05, 0) is 48.4 Å². The van der Waals surface area contributed by atoms with E-state index in [2.05, 4.69) is 16.3 Å². The summed E-state index contributed by atoms with van der Waals surface area (Å²) in [5, 5.41) is 11.8.